The Bertz CT molecular complexity index is 1130. The van der Waals surface area contributed by atoms with Crippen LogP contribution in [-0.4, -0.2) is 54.3 Å². The number of rotatable bonds is 4. The molecule has 4 unspecified atom stereocenters. The van der Waals surface area contributed by atoms with Gasteiger partial charge in [0, 0.05) is 19.1 Å². The van der Waals surface area contributed by atoms with E-state index >= 15 is 0 Å². The molecule has 3 saturated heterocycles. The Morgan fingerprint density at radius 1 is 1.06 bits per heavy atom. The van der Waals surface area contributed by atoms with Crippen molar-refractivity contribution in [1.29, 1.82) is 0 Å². The van der Waals surface area contributed by atoms with E-state index in [1.165, 1.54) is 12.0 Å². The largest absolute Gasteiger partial charge is 0.469 e. The van der Waals surface area contributed by atoms with Gasteiger partial charge >= 0.3 is 5.97 Å². The van der Waals surface area contributed by atoms with E-state index in [1.807, 2.05) is 54.3 Å². The van der Waals surface area contributed by atoms with Gasteiger partial charge < -0.3 is 10.1 Å². The molecule has 2 aromatic rings. The molecule has 170 valence electrons. The van der Waals surface area contributed by atoms with Crippen LogP contribution in [0.1, 0.15) is 23.6 Å². The average Bonchev–Trinajstić information content (AvgIpc) is 3.26. The van der Waals surface area contributed by atoms with Crippen molar-refractivity contribution in [2.75, 3.05) is 25.1 Å². The van der Waals surface area contributed by atoms with E-state index in [4.69, 9.17) is 4.74 Å². The number of methoxy groups -OCH3 is 1. The summed E-state index contributed by atoms with van der Waals surface area (Å²) in [6.45, 7) is 2.71. The molecule has 2 aromatic carbocycles. The monoisotopic (exact) mass is 447 g/mol. The van der Waals surface area contributed by atoms with Crippen molar-refractivity contribution in [2.24, 2.45) is 11.8 Å². The third kappa shape index (κ3) is 3.01. The number of nitrogens with zero attached hydrogens (tertiary/aromatic N) is 2. The molecule has 0 bridgehead atoms. The topological polar surface area (TPSA) is 96.0 Å². The number of carbonyl (C=O) groups is 4. The molecule has 0 aromatic heterocycles. The zero-order valence-electron chi connectivity index (χ0n) is 18.5. The maximum absolute atomic E-state index is 13.9. The number of esters is 1. The normalized spacial score (nSPS) is 29.0. The number of amides is 3. The molecule has 8 heteroatoms. The predicted octanol–water partition coefficient (Wildman–Crippen LogP) is 1.59. The number of benzene rings is 2. The fourth-order valence-electron chi connectivity index (χ4n) is 5.76. The van der Waals surface area contributed by atoms with E-state index in [0.29, 0.717) is 18.8 Å². The smallest absolute Gasteiger partial charge is 0.307 e. The quantitative estimate of drug-likeness (QED) is 0.565. The Morgan fingerprint density at radius 3 is 2.42 bits per heavy atom. The minimum Gasteiger partial charge on any atom is -0.469 e. The highest BCUT2D eigenvalue weighted by Crippen LogP contribution is 2.57. The molecule has 5 rings (SSSR count). The Labute approximate surface area is 191 Å². The summed E-state index contributed by atoms with van der Waals surface area (Å²) in [7, 11) is 1.26. The first-order valence-electron chi connectivity index (χ1n) is 11.0. The number of fused-ring (bicyclic) bond motifs is 3. The van der Waals surface area contributed by atoms with Gasteiger partial charge in [-0.3, -0.25) is 24.1 Å². The van der Waals surface area contributed by atoms with Crippen LogP contribution in [0.2, 0.25) is 0 Å². The zero-order chi connectivity index (χ0) is 23.3. The van der Waals surface area contributed by atoms with Gasteiger partial charge in [-0.15, -0.1) is 0 Å². The molecular formula is C25H25N3O5. The van der Waals surface area contributed by atoms with E-state index < -0.39 is 41.2 Å². The number of ether oxygens (including phenoxy) is 1. The molecule has 0 radical (unpaired) electrons. The van der Waals surface area contributed by atoms with E-state index in [9.17, 15) is 19.2 Å². The fraction of sp³-hybridized carbons (Fsp3) is 0.360. The van der Waals surface area contributed by atoms with Crippen molar-refractivity contribution in [1.82, 2.24) is 10.2 Å². The lowest BCUT2D eigenvalue weighted by atomic mass is 9.76. The predicted molar refractivity (Wildman–Crippen MR) is 119 cm³/mol. The second kappa shape index (κ2) is 7.81. The van der Waals surface area contributed by atoms with Crippen molar-refractivity contribution in [3.8, 4) is 0 Å². The van der Waals surface area contributed by atoms with Crippen molar-refractivity contribution in [2.45, 2.75) is 24.9 Å². The van der Waals surface area contributed by atoms with Gasteiger partial charge in [-0.1, -0.05) is 48.0 Å². The van der Waals surface area contributed by atoms with E-state index in [2.05, 4.69) is 5.32 Å². The zero-order valence-corrected chi connectivity index (χ0v) is 18.5. The number of anilines is 1. The molecule has 3 fully saturated rings. The molecule has 3 aliphatic rings. The highest BCUT2D eigenvalue weighted by Gasteiger charge is 2.73. The van der Waals surface area contributed by atoms with Gasteiger partial charge in [0.1, 0.15) is 5.54 Å². The molecular weight excluding hydrogens is 422 g/mol. The van der Waals surface area contributed by atoms with Gasteiger partial charge in [-0.05, 0) is 24.6 Å². The number of carbonyl (C=O) groups excluding carboxylic acids is 4. The molecule has 0 saturated carbocycles. The first-order valence-corrected chi connectivity index (χ1v) is 11.0. The summed E-state index contributed by atoms with van der Waals surface area (Å²) in [5, 5.41) is 2.84. The molecule has 8 nitrogen and oxygen atoms in total. The van der Waals surface area contributed by atoms with Gasteiger partial charge in [0.15, 0.2) is 0 Å². The highest BCUT2D eigenvalue weighted by atomic mass is 16.5. The molecule has 3 heterocycles. The van der Waals surface area contributed by atoms with Crippen LogP contribution in [0, 0.1) is 18.8 Å². The minimum absolute atomic E-state index is 0.305. The summed E-state index contributed by atoms with van der Waals surface area (Å²) in [5.41, 5.74) is 0.803. The summed E-state index contributed by atoms with van der Waals surface area (Å²) in [6.07, 6.45) is -0.305. The van der Waals surface area contributed by atoms with Crippen molar-refractivity contribution < 1.29 is 23.9 Å². The van der Waals surface area contributed by atoms with Crippen LogP contribution in [0.3, 0.4) is 0 Å². The molecule has 1 N–H and O–H groups in total. The summed E-state index contributed by atoms with van der Waals surface area (Å²) in [6, 6.07) is 16.0. The Balaban J connectivity index is 1.70. The van der Waals surface area contributed by atoms with Crippen LogP contribution in [0.15, 0.2) is 54.6 Å². The van der Waals surface area contributed by atoms with E-state index in [1.54, 1.807) is 12.1 Å². The first kappa shape index (κ1) is 21.3. The fourth-order valence-corrected chi connectivity index (χ4v) is 5.76. The van der Waals surface area contributed by atoms with Crippen molar-refractivity contribution in [3.05, 3.63) is 65.7 Å². The lowest BCUT2D eigenvalue weighted by Gasteiger charge is -2.45. The van der Waals surface area contributed by atoms with Crippen LogP contribution in [-0.2, 0) is 23.9 Å². The molecule has 3 amide bonds. The summed E-state index contributed by atoms with van der Waals surface area (Å²) in [5.74, 6) is -3.63. The van der Waals surface area contributed by atoms with E-state index in [-0.39, 0.29) is 12.3 Å². The number of aryl methyl sites for hydroxylation is 1. The molecule has 4 atom stereocenters. The van der Waals surface area contributed by atoms with Crippen LogP contribution < -0.4 is 10.2 Å². The second-order valence-electron chi connectivity index (χ2n) is 8.83. The van der Waals surface area contributed by atoms with Crippen molar-refractivity contribution >= 4 is 29.4 Å². The maximum Gasteiger partial charge on any atom is 0.307 e. The Morgan fingerprint density at radius 2 is 1.76 bits per heavy atom. The second-order valence-corrected chi connectivity index (χ2v) is 8.83. The van der Waals surface area contributed by atoms with Crippen LogP contribution in [0.25, 0.3) is 0 Å². The van der Waals surface area contributed by atoms with Crippen LogP contribution >= 0.6 is 0 Å². The third-order valence-electron chi connectivity index (χ3n) is 7.16. The summed E-state index contributed by atoms with van der Waals surface area (Å²) >= 11 is 0. The Hall–Kier alpha value is -3.52. The lowest BCUT2D eigenvalue weighted by molar-refractivity contribution is -0.154. The van der Waals surface area contributed by atoms with Crippen LogP contribution in [0.5, 0.6) is 0 Å². The summed E-state index contributed by atoms with van der Waals surface area (Å²) in [4.78, 5) is 56.8. The van der Waals surface area contributed by atoms with Gasteiger partial charge in [0.2, 0.25) is 17.7 Å². The van der Waals surface area contributed by atoms with Gasteiger partial charge in [-0.2, -0.15) is 0 Å². The number of piperazine rings is 1. The third-order valence-corrected chi connectivity index (χ3v) is 7.16. The van der Waals surface area contributed by atoms with E-state index in [0.717, 1.165) is 11.1 Å². The number of imide groups is 1. The molecule has 0 spiro atoms. The van der Waals surface area contributed by atoms with Gasteiger partial charge in [-0.25, -0.2) is 4.90 Å². The summed E-state index contributed by atoms with van der Waals surface area (Å²) < 4.78 is 4.93. The highest BCUT2D eigenvalue weighted by molar-refractivity contribution is 6.24. The first-order chi connectivity index (χ1) is 15.9. The standard InChI is InChI=1S/C25H25N3O5/c1-15-8-10-17(11-9-15)28-22(30)19-20(23(28)31)25(14-18(29)33-2)24(32)26-12-13-27(25)21(19)16-6-4-3-5-7-16/h3-11,19-21H,12-14H2,1-2H3,(H,26,32). The minimum atomic E-state index is -1.50. The number of hydrogen-bond acceptors (Lipinski definition) is 6. The van der Waals surface area contributed by atoms with Gasteiger partial charge in [0.25, 0.3) is 0 Å². The SMILES string of the molecule is COC(=O)CC12C(=O)NCCN1C(c1ccccc1)C1C(=O)N(c3ccc(C)cc3)C(=O)C12. The molecule has 0 aliphatic carbocycles. The van der Waals surface area contributed by atoms with Crippen LogP contribution in [0.4, 0.5) is 5.69 Å². The number of nitrogens with one attached hydrogen (secondary N) is 1. The lowest BCUT2D eigenvalue weighted by Crippen LogP contribution is -2.67. The molecule has 3 aliphatic heterocycles. The number of hydrogen-bond donors (Lipinski definition) is 1. The Kier molecular flexibility index (Phi) is 5.05. The maximum atomic E-state index is 13.9. The van der Waals surface area contributed by atoms with Gasteiger partial charge in [0.05, 0.1) is 31.1 Å². The van der Waals surface area contributed by atoms with Crippen molar-refractivity contribution in [3.63, 3.8) is 0 Å². The molecule has 33 heavy (non-hydrogen) atoms. The average molecular weight is 447 g/mol.